The molecule has 0 amide bonds. The summed E-state index contributed by atoms with van der Waals surface area (Å²) in [5, 5.41) is 11.9. The van der Waals surface area contributed by atoms with Crippen LogP contribution in [0.5, 0.6) is 11.5 Å². The SMILES string of the molecule is O=C(O)CC1SC(Nc2cccc(C(F)(F)F)c2)=Nc2cc3c(cc21)OCO3. The van der Waals surface area contributed by atoms with Crippen molar-refractivity contribution >= 4 is 34.3 Å². The Bertz CT molecular complexity index is 978. The van der Waals surface area contributed by atoms with Crippen LogP contribution in [0.3, 0.4) is 0 Å². The van der Waals surface area contributed by atoms with E-state index >= 15 is 0 Å². The van der Waals surface area contributed by atoms with Gasteiger partial charge in [0, 0.05) is 11.8 Å². The van der Waals surface area contributed by atoms with Crippen molar-refractivity contribution in [3.05, 3.63) is 47.5 Å². The predicted molar refractivity (Wildman–Crippen MR) is 97.3 cm³/mol. The normalized spacial score (nSPS) is 17.7. The number of rotatable bonds is 3. The molecule has 0 radical (unpaired) electrons. The monoisotopic (exact) mass is 410 g/mol. The summed E-state index contributed by atoms with van der Waals surface area (Å²) >= 11 is 1.14. The Morgan fingerprint density at radius 2 is 2.00 bits per heavy atom. The van der Waals surface area contributed by atoms with Gasteiger partial charge in [0.1, 0.15) is 0 Å². The number of aliphatic carboxylic acids is 1. The number of aliphatic imine (C=N–C) groups is 1. The maximum atomic E-state index is 12.9. The zero-order valence-electron chi connectivity index (χ0n) is 14.1. The first-order chi connectivity index (χ1) is 13.3. The first kappa shape index (κ1) is 18.5. The van der Waals surface area contributed by atoms with E-state index in [1.165, 1.54) is 12.1 Å². The van der Waals surface area contributed by atoms with E-state index in [1.54, 1.807) is 12.1 Å². The molecule has 1 unspecified atom stereocenters. The van der Waals surface area contributed by atoms with Gasteiger partial charge in [0.05, 0.1) is 22.9 Å². The molecule has 0 aromatic heterocycles. The molecule has 10 heteroatoms. The van der Waals surface area contributed by atoms with E-state index in [0.717, 1.165) is 23.9 Å². The van der Waals surface area contributed by atoms with Gasteiger partial charge >= 0.3 is 12.1 Å². The molecular weight excluding hydrogens is 397 g/mol. The summed E-state index contributed by atoms with van der Waals surface area (Å²) in [5.41, 5.74) is 0.582. The van der Waals surface area contributed by atoms with Crippen LogP contribution < -0.4 is 14.8 Å². The Labute approximate surface area is 161 Å². The minimum absolute atomic E-state index is 0.0635. The van der Waals surface area contributed by atoms with Crippen LogP contribution in [0.2, 0.25) is 0 Å². The lowest BCUT2D eigenvalue weighted by atomic mass is 10.1. The molecule has 0 saturated heterocycles. The van der Waals surface area contributed by atoms with E-state index in [4.69, 9.17) is 9.47 Å². The highest BCUT2D eigenvalue weighted by molar-refractivity contribution is 8.14. The number of amidine groups is 1. The minimum Gasteiger partial charge on any atom is -0.481 e. The number of hydrogen-bond acceptors (Lipinski definition) is 6. The third kappa shape index (κ3) is 3.72. The number of hydrogen-bond donors (Lipinski definition) is 2. The highest BCUT2D eigenvalue weighted by Gasteiger charge is 2.32. The van der Waals surface area contributed by atoms with Crippen molar-refractivity contribution in [2.45, 2.75) is 17.8 Å². The van der Waals surface area contributed by atoms with Crippen molar-refractivity contribution in [2.75, 3.05) is 12.1 Å². The number of benzene rings is 2. The second-order valence-corrected chi connectivity index (χ2v) is 7.28. The topological polar surface area (TPSA) is 80.2 Å². The summed E-state index contributed by atoms with van der Waals surface area (Å²) in [5.74, 6) is 0.00237. The quantitative estimate of drug-likeness (QED) is 0.757. The number of thioether (sulfide) groups is 1. The van der Waals surface area contributed by atoms with Crippen LogP contribution in [0.25, 0.3) is 0 Å². The smallest absolute Gasteiger partial charge is 0.416 e. The molecule has 6 nitrogen and oxygen atoms in total. The fraction of sp³-hybridized carbons (Fsp3) is 0.222. The molecule has 2 N–H and O–H groups in total. The molecule has 2 aromatic rings. The maximum absolute atomic E-state index is 12.9. The van der Waals surface area contributed by atoms with Crippen molar-refractivity contribution in [3.63, 3.8) is 0 Å². The summed E-state index contributed by atoms with van der Waals surface area (Å²) < 4.78 is 49.4. The summed E-state index contributed by atoms with van der Waals surface area (Å²) in [6.07, 6.45) is -4.64. The van der Waals surface area contributed by atoms with E-state index in [0.29, 0.717) is 27.9 Å². The van der Waals surface area contributed by atoms with Gasteiger partial charge in [-0.2, -0.15) is 13.2 Å². The molecule has 2 aromatic carbocycles. The van der Waals surface area contributed by atoms with Gasteiger partial charge in [-0.1, -0.05) is 17.8 Å². The zero-order chi connectivity index (χ0) is 19.9. The van der Waals surface area contributed by atoms with Gasteiger partial charge in [0.25, 0.3) is 0 Å². The number of anilines is 1. The fourth-order valence-electron chi connectivity index (χ4n) is 2.90. The number of alkyl halides is 3. The second kappa shape index (κ2) is 6.93. The van der Waals surface area contributed by atoms with Crippen LogP contribution in [0.4, 0.5) is 24.5 Å². The van der Waals surface area contributed by atoms with Gasteiger partial charge in [-0.05, 0) is 29.8 Å². The number of ether oxygens (including phenoxy) is 2. The molecule has 4 rings (SSSR count). The molecule has 28 heavy (non-hydrogen) atoms. The largest absolute Gasteiger partial charge is 0.481 e. The van der Waals surface area contributed by atoms with Crippen LogP contribution >= 0.6 is 11.8 Å². The first-order valence-corrected chi connectivity index (χ1v) is 9.02. The Kier molecular flexibility index (Phi) is 4.58. The summed E-state index contributed by atoms with van der Waals surface area (Å²) in [6.45, 7) is 0.0635. The lowest BCUT2D eigenvalue weighted by Gasteiger charge is -2.24. The van der Waals surface area contributed by atoms with Crippen molar-refractivity contribution in [2.24, 2.45) is 4.99 Å². The molecule has 2 aliphatic rings. The maximum Gasteiger partial charge on any atom is 0.416 e. The lowest BCUT2D eigenvalue weighted by molar-refractivity contribution is -0.138. The Morgan fingerprint density at radius 3 is 2.71 bits per heavy atom. The van der Waals surface area contributed by atoms with Crippen molar-refractivity contribution in [3.8, 4) is 11.5 Å². The van der Waals surface area contributed by atoms with Crippen LogP contribution in [-0.4, -0.2) is 23.0 Å². The Hall–Kier alpha value is -2.88. The van der Waals surface area contributed by atoms with E-state index in [1.807, 2.05) is 0 Å². The van der Waals surface area contributed by atoms with E-state index in [-0.39, 0.29) is 18.9 Å². The van der Waals surface area contributed by atoms with Crippen LogP contribution in [0.15, 0.2) is 41.4 Å². The second-order valence-electron chi connectivity index (χ2n) is 6.09. The lowest BCUT2D eigenvalue weighted by Crippen LogP contribution is -2.16. The van der Waals surface area contributed by atoms with E-state index < -0.39 is 23.0 Å². The van der Waals surface area contributed by atoms with Gasteiger partial charge in [-0.3, -0.25) is 4.79 Å². The molecule has 0 bridgehead atoms. The fourth-order valence-corrected chi connectivity index (χ4v) is 4.04. The standard InChI is InChI=1S/C18H13F3N2O4S/c19-18(20,21)9-2-1-3-10(4-9)22-17-23-12-6-14-13(26-8-27-14)5-11(12)15(28-17)7-16(24)25/h1-6,15H,7-8H2,(H,22,23)(H,24,25). The number of carboxylic acids is 1. The van der Waals surface area contributed by atoms with Crippen LogP contribution in [0, 0.1) is 0 Å². The number of nitrogens with zero attached hydrogens (tertiary/aromatic N) is 1. The average molecular weight is 410 g/mol. The zero-order valence-corrected chi connectivity index (χ0v) is 14.9. The van der Waals surface area contributed by atoms with Crippen LogP contribution in [0.1, 0.15) is 22.8 Å². The Balaban J connectivity index is 1.67. The van der Waals surface area contributed by atoms with Gasteiger partial charge in [0.2, 0.25) is 6.79 Å². The van der Waals surface area contributed by atoms with E-state index in [9.17, 15) is 23.1 Å². The highest BCUT2D eigenvalue weighted by Crippen LogP contribution is 2.48. The summed E-state index contributed by atoms with van der Waals surface area (Å²) in [7, 11) is 0. The van der Waals surface area contributed by atoms with Gasteiger partial charge in [-0.25, -0.2) is 4.99 Å². The van der Waals surface area contributed by atoms with Gasteiger partial charge < -0.3 is 19.9 Å². The molecule has 2 heterocycles. The minimum atomic E-state index is -4.46. The Morgan fingerprint density at radius 1 is 1.25 bits per heavy atom. The number of carboxylic acid groups (broad SMARTS) is 1. The van der Waals surface area contributed by atoms with Gasteiger partial charge in [0.15, 0.2) is 16.7 Å². The predicted octanol–water partition coefficient (Wildman–Crippen LogP) is 4.80. The molecule has 0 spiro atoms. The number of nitrogens with one attached hydrogen (secondary N) is 1. The van der Waals surface area contributed by atoms with Crippen molar-refractivity contribution in [1.29, 1.82) is 0 Å². The third-order valence-corrected chi connectivity index (χ3v) is 5.27. The molecular formula is C18H13F3N2O4S. The molecule has 2 aliphatic heterocycles. The van der Waals surface area contributed by atoms with Gasteiger partial charge in [-0.15, -0.1) is 0 Å². The third-order valence-electron chi connectivity index (χ3n) is 4.15. The van der Waals surface area contributed by atoms with Crippen LogP contribution in [-0.2, 0) is 11.0 Å². The molecule has 146 valence electrons. The molecule has 1 atom stereocenters. The highest BCUT2D eigenvalue weighted by atomic mass is 32.2. The molecule has 0 fully saturated rings. The van der Waals surface area contributed by atoms with E-state index in [2.05, 4.69) is 10.3 Å². The molecule has 0 saturated carbocycles. The first-order valence-electron chi connectivity index (χ1n) is 8.14. The summed E-state index contributed by atoms with van der Waals surface area (Å²) in [6, 6.07) is 8.07. The number of fused-ring (bicyclic) bond motifs is 2. The summed E-state index contributed by atoms with van der Waals surface area (Å²) in [4.78, 5) is 15.7. The van der Waals surface area contributed by atoms with Crippen molar-refractivity contribution < 1.29 is 32.5 Å². The molecule has 0 aliphatic carbocycles. The van der Waals surface area contributed by atoms with Crippen molar-refractivity contribution in [1.82, 2.24) is 0 Å². The average Bonchev–Trinajstić information content (AvgIpc) is 3.06. The number of halogens is 3. The number of carbonyl (C=O) groups is 1.